The molecule has 0 amide bonds. The molecule has 20 heavy (non-hydrogen) atoms. The highest BCUT2D eigenvalue weighted by Crippen LogP contribution is 2.24. The Balaban J connectivity index is 2.38. The Bertz CT molecular complexity index is 766. The summed E-state index contributed by atoms with van der Waals surface area (Å²) in [4.78, 5) is -0.510. The predicted molar refractivity (Wildman–Crippen MR) is 79.0 cm³/mol. The Morgan fingerprint density at radius 1 is 0.950 bits per heavy atom. The van der Waals surface area contributed by atoms with Crippen LogP contribution in [0.5, 0.6) is 0 Å². The van der Waals surface area contributed by atoms with E-state index in [0.29, 0.717) is 4.47 Å². The molecular weight excluding hydrogens is 420 g/mol. The van der Waals surface area contributed by atoms with Gasteiger partial charge in [-0.25, -0.2) is 17.2 Å². The summed E-state index contributed by atoms with van der Waals surface area (Å²) in [5.74, 6) is -1.52. The zero-order valence-electron chi connectivity index (χ0n) is 9.70. The largest absolute Gasteiger partial charge is 0.279 e. The smallest absolute Gasteiger partial charge is 0.264 e. The predicted octanol–water partition coefficient (Wildman–Crippen LogP) is 4.29. The molecule has 0 saturated heterocycles. The van der Waals surface area contributed by atoms with E-state index in [1.807, 2.05) is 0 Å². The van der Waals surface area contributed by atoms with E-state index < -0.39 is 26.6 Å². The summed E-state index contributed by atoms with van der Waals surface area (Å²) in [5, 5.41) is 0. The molecule has 106 valence electrons. The van der Waals surface area contributed by atoms with Gasteiger partial charge in [-0.05, 0) is 52.3 Å². The molecule has 0 bridgehead atoms. The topological polar surface area (TPSA) is 46.2 Å². The minimum Gasteiger partial charge on any atom is -0.279 e. The number of halogens is 4. The molecule has 0 aliphatic carbocycles. The van der Waals surface area contributed by atoms with Gasteiger partial charge in [0.1, 0.15) is 16.5 Å². The fourth-order valence-electron chi connectivity index (χ4n) is 1.46. The third kappa shape index (κ3) is 3.36. The quantitative estimate of drug-likeness (QED) is 0.795. The lowest BCUT2D eigenvalue weighted by atomic mass is 10.3. The van der Waals surface area contributed by atoms with E-state index >= 15 is 0 Å². The van der Waals surface area contributed by atoms with Crippen molar-refractivity contribution >= 4 is 47.6 Å². The molecule has 0 aliphatic rings. The molecule has 2 rings (SSSR count). The molecule has 3 nitrogen and oxygen atoms in total. The van der Waals surface area contributed by atoms with Gasteiger partial charge >= 0.3 is 0 Å². The summed E-state index contributed by atoms with van der Waals surface area (Å²) in [6.07, 6.45) is 0. The molecular formula is C12H7Br2F2NO2S. The van der Waals surface area contributed by atoms with Gasteiger partial charge < -0.3 is 0 Å². The third-order valence-electron chi connectivity index (χ3n) is 2.36. The molecule has 0 heterocycles. The van der Waals surface area contributed by atoms with Crippen LogP contribution in [0.2, 0.25) is 0 Å². The lowest BCUT2D eigenvalue weighted by molar-refractivity contribution is 0.570. The average Bonchev–Trinajstić information content (AvgIpc) is 2.33. The molecule has 0 fully saturated rings. The SMILES string of the molecule is O=S(=O)(Nc1ccc(Br)c(F)c1)c1ccc(Br)cc1F. The summed E-state index contributed by atoms with van der Waals surface area (Å²) in [5.41, 5.74) is 0.00742. The molecule has 0 aliphatic heterocycles. The van der Waals surface area contributed by atoms with Crippen molar-refractivity contribution in [3.8, 4) is 0 Å². The van der Waals surface area contributed by atoms with Gasteiger partial charge in [0.2, 0.25) is 0 Å². The lowest BCUT2D eigenvalue weighted by Crippen LogP contribution is -2.14. The van der Waals surface area contributed by atoms with E-state index in [9.17, 15) is 17.2 Å². The van der Waals surface area contributed by atoms with E-state index in [1.54, 1.807) is 0 Å². The number of rotatable bonds is 3. The summed E-state index contributed by atoms with van der Waals surface area (Å²) >= 11 is 5.99. The number of hydrogen-bond donors (Lipinski definition) is 1. The van der Waals surface area contributed by atoms with Crippen molar-refractivity contribution in [2.75, 3.05) is 4.72 Å². The summed E-state index contributed by atoms with van der Waals surface area (Å²) in [6, 6.07) is 7.28. The molecule has 0 unspecified atom stereocenters. The second kappa shape index (κ2) is 5.79. The van der Waals surface area contributed by atoms with Gasteiger partial charge in [0, 0.05) is 4.47 Å². The Morgan fingerprint density at radius 3 is 2.25 bits per heavy atom. The first-order chi connectivity index (χ1) is 9.29. The average molecular weight is 427 g/mol. The standard InChI is InChI=1S/C12H7Br2F2NO2S/c13-7-1-4-12(11(16)5-7)20(18,19)17-8-2-3-9(14)10(15)6-8/h1-6,17H. The van der Waals surface area contributed by atoms with Crippen LogP contribution in [0.25, 0.3) is 0 Å². The molecule has 0 saturated carbocycles. The van der Waals surface area contributed by atoms with Crippen molar-refractivity contribution in [3.63, 3.8) is 0 Å². The Labute approximate surface area is 131 Å². The van der Waals surface area contributed by atoms with Crippen LogP contribution in [-0.4, -0.2) is 8.42 Å². The van der Waals surface area contributed by atoms with Crippen molar-refractivity contribution < 1.29 is 17.2 Å². The van der Waals surface area contributed by atoms with Crippen LogP contribution in [0, 0.1) is 11.6 Å². The highest BCUT2D eigenvalue weighted by Gasteiger charge is 2.19. The van der Waals surface area contributed by atoms with Crippen LogP contribution in [-0.2, 0) is 10.0 Å². The van der Waals surface area contributed by atoms with Gasteiger partial charge in [-0.2, -0.15) is 0 Å². The highest BCUT2D eigenvalue weighted by molar-refractivity contribution is 9.10. The van der Waals surface area contributed by atoms with Gasteiger partial charge in [-0.1, -0.05) is 15.9 Å². The molecule has 0 spiro atoms. The Kier molecular flexibility index (Phi) is 4.46. The molecule has 2 aromatic carbocycles. The van der Waals surface area contributed by atoms with E-state index in [2.05, 4.69) is 36.6 Å². The molecule has 8 heteroatoms. The normalized spacial score (nSPS) is 11.4. The van der Waals surface area contributed by atoms with Gasteiger partial charge in [0.05, 0.1) is 10.2 Å². The van der Waals surface area contributed by atoms with Gasteiger partial charge in [0.15, 0.2) is 0 Å². The van der Waals surface area contributed by atoms with E-state index in [-0.39, 0.29) is 10.2 Å². The van der Waals surface area contributed by atoms with E-state index in [1.165, 1.54) is 18.2 Å². The number of nitrogens with one attached hydrogen (secondary N) is 1. The first-order valence-corrected chi connectivity index (χ1v) is 8.29. The number of anilines is 1. The zero-order valence-corrected chi connectivity index (χ0v) is 13.7. The van der Waals surface area contributed by atoms with Crippen LogP contribution >= 0.6 is 31.9 Å². The maximum absolute atomic E-state index is 13.7. The van der Waals surface area contributed by atoms with Crippen LogP contribution in [0.3, 0.4) is 0 Å². The molecule has 0 radical (unpaired) electrons. The fourth-order valence-corrected chi connectivity index (χ4v) is 3.15. The van der Waals surface area contributed by atoms with E-state index in [0.717, 1.165) is 18.2 Å². The van der Waals surface area contributed by atoms with E-state index in [4.69, 9.17) is 0 Å². The molecule has 0 atom stereocenters. The van der Waals surface area contributed by atoms with Gasteiger partial charge in [-0.15, -0.1) is 0 Å². The van der Waals surface area contributed by atoms with Crippen molar-refractivity contribution in [1.29, 1.82) is 0 Å². The van der Waals surface area contributed by atoms with Gasteiger partial charge in [-0.3, -0.25) is 4.72 Å². The van der Waals surface area contributed by atoms with Crippen molar-refractivity contribution in [1.82, 2.24) is 0 Å². The van der Waals surface area contributed by atoms with Crippen LogP contribution in [0.4, 0.5) is 14.5 Å². The van der Waals surface area contributed by atoms with Crippen LogP contribution in [0.15, 0.2) is 50.2 Å². The van der Waals surface area contributed by atoms with Gasteiger partial charge in [0.25, 0.3) is 10.0 Å². The van der Waals surface area contributed by atoms with Crippen molar-refractivity contribution in [2.45, 2.75) is 4.90 Å². The second-order valence-electron chi connectivity index (χ2n) is 3.81. The Hall–Kier alpha value is -0.990. The lowest BCUT2D eigenvalue weighted by Gasteiger charge is -2.09. The zero-order chi connectivity index (χ0) is 14.9. The second-order valence-corrected chi connectivity index (χ2v) is 7.23. The summed E-state index contributed by atoms with van der Waals surface area (Å²) < 4.78 is 53.8. The minimum atomic E-state index is -4.12. The molecule has 2 aromatic rings. The maximum atomic E-state index is 13.7. The summed E-state index contributed by atoms with van der Waals surface area (Å²) in [7, 11) is -4.12. The highest BCUT2D eigenvalue weighted by atomic mass is 79.9. The van der Waals surface area contributed by atoms with Crippen LogP contribution < -0.4 is 4.72 Å². The summed E-state index contributed by atoms with van der Waals surface area (Å²) in [6.45, 7) is 0. The monoisotopic (exact) mass is 425 g/mol. The number of hydrogen-bond acceptors (Lipinski definition) is 2. The fraction of sp³-hybridized carbons (Fsp3) is 0. The van der Waals surface area contributed by atoms with Crippen molar-refractivity contribution in [2.24, 2.45) is 0 Å². The minimum absolute atomic E-state index is 0.00742. The number of benzene rings is 2. The van der Waals surface area contributed by atoms with Crippen molar-refractivity contribution in [3.05, 3.63) is 57.0 Å². The Morgan fingerprint density at radius 2 is 1.65 bits per heavy atom. The maximum Gasteiger partial charge on any atom is 0.264 e. The first kappa shape index (κ1) is 15.4. The molecule has 1 N–H and O–H groups in total. The molecule has 0 aromatic heterocycles. The van der Waals surface area contributed by atoms with Crippen LogP contribution in [0.1, 0.15) is 0 Å². The first-order valence-electron chi connectivity index (χ1n) is 5.22. The number of sulfonamides is 1. The third-order valence-corrected chi connectivity index (χ3v) is 4.91.